The van der Waals surface area contributed by atoms with E-state index in [4.69, 9.17) is 14.6 Å². The largest absolute Gasteiger partial charge is 0.493 e. The van der Waals surface area contributed by atoms with Crippen LogP contribution in [0.4, 0.5) is 0 Å². The van der Waals surface area contributed by atoms with Crippen molar-refractivity contribution in [2.75, 3.05) is 13.7 Å². The van der Waals surface area contributed by atoms with Crippen LogP contribution in [0.15, 0.2) is 34.8 Å². The maximum atomic E-state index is 10.7. The lowest BCUT2D eigenvalue weighted by atomic mass is 10.1. The summed E-state index contributed by atoms with van der Waals surface area (Å²) in [6.45, 7) is 1.50. The van der Waals surface area contributed by atoms with Crippen LogP contribution < -0.4 is 9.47 Å². The third-order valence-electron chi connectivity index (χ3n) is 3.95. The fourth-order valence-electron chi connectivity index (χ4n) is 2.63. The molecular weight excluding hydrogens is 426 g/mol. The lowest BCUT2D eigenvalue weighted by molar-refractivity contribution is -0.139. The Morgan fingerprint density at radius 1 is 1.36 bits per heavy atom. The number of hydrogen-bond donors (Lipinski definition) is 2. The number of aromatic amines is 1. The molecule has 0 atom stereocenters. The monoisotopic (exact) mass is 441 g/mol. The van der Waals surface area contributed by atoms with Gasteiger partial charge in [-0.1, -0.05) is 22.0 Å². The number of imidazole rings is 1. The van der Waals surface area contributed by atoms with E-state index in [2.05, 4.69) is 32.0 Å². The Hall–Kier alpha value is -3.31. The van der Waals surface area contributed by atoms with Crippen LogP contribution in [0, 0.1) is 18.3 Å². The van der Waals surface area contributed by atoms with Crippen LogP contribution in [0.1, 0.15) is 17.0 Å². The van der Waals surface area contributed by atoms with Crippen molar-refractivity contribution < 1.29 is 19.4 Å². The van der Waals surface area contributed by atoms with Crippen molar-refractivity contribution in [1.82, 2.24) is 9.97 Å². The Labute approximate surface area is 169 Å². The summed E-state index contributed by atoms with van der Waals surface area (Å²) in [5.41, 5.74) is 3.72. The fourth-order valence-corrected chi connectivity index (χ4v) is 3.07. The molecule has 1 aromatic heterocycles. The summed E-state index contributed by atoms with van der Waals surface area (Å²) in [6, 6.07) is 11.2. The molecule has 0 bridgehead atoms. The average molecular weight is 442 g/mol. The zero-order valence-corrected chi connectivity index (χ0v) is 16.7. The number of nitrogens with zero attached hydrogens (tertiary/aromatic N) is 2. The Kier molecular flexibility index (Phi) is 5.66. The fraction of sp³-hybridized carbons (Fsp3) is 0.150. The lowest BCUT2D eigenvalue weighted by Gasteiger charge is -2.11. The third-order valence-corrected chi connectivity index (χ3v) is 4.63. The van der Waals surface area contributed by atoms with E-state index < -0.39 is 12.6 Å². The summed E-state index contributed by atoms with van der Waals surface area (Å²) in [6.07, 6.45) is 1.66. The van der Waals surface area contributed by atoms with E-state index in [0.717, 1.165) is 16.6 Å². The van der Waals surface area contributed by atoms with Gasteiger partial charge in [0.1, 0.15) is 11.9 Å². The summed E-state index contributed by atoms with van der Waals surface area (Å²) in [7, 11) is 1.46. The van der Waals surface area contributed by atoms with Gasteiger partial charge < -0.3 is 19.6 Å². The van der Waals surface area contributed by atoms with Gasteiger partial charge in [-0.05, 0) is 48.4 Å². The van der Waals surface area contributed by atoms with E-state index >= 15 is 0 Å². The molecule has 7 nitrogen and oxygen atoms in total. The molecule has 0 aliphatic heterocycles. The zero-order valence-electron chi connectivity index (χ0n) is 15.1. The standard InChI is InChI=1S/C20H16BrN3O4/c1-11-3-4-15-16(5-11)24-20(23-15)13(9-22)6-12-7-17(27-2)18(8-14(12)21)28-10-19(25)26/h3-8H,10H2,1-2H3,(H,23,24)(H,25,26). The summed E-state index contributed by atoms with van der Waals surface area (Å²) in [4.78, 5) is 18.4. The minimum atomic E-state index is -1.09. The molecule has 28 heavy (non-hydrogen) atoms. The highest BCUT2D eigenvalue weighted by Gasteiger charge is 2.13. The SMILES string of the molecule is COc1cc(C=C(C#N)c2nc3ccc(C)cc3[nH]2)c(Br)cc1OCC(=O)O. The van der Waals surface area contributed by atoms with Crippen LogP contribution in [0.2, 0.25) is 0 Å². The van der Waals surface area contributed by atoms with Crippen molar-refractivity contribution >= 4 is 44.6 Å². The first kappa shape index (κ1) is 19.5. The molecular formula is C20H16BrN3O4. The Morgan fingerprint density at radius 3 is 2.82 bits per heavy atom. The maximum absolute atomic E-state index is 10.7. The number of carboxylic acids is 1. The number of nitriles is 1. The molecule has 2 N–H and O–H groups in total. The average Bonchev–Trinajstić information content (AvgIpc) is 3.08. The highest BCUT2D eigenvalue weighted by atomic mass is 79.9. The van der Waals surface area contributed by atoms with Crippen LogP contribution in [0.5, 0.6) is 11.5 Å². The molecule has 0 spiro atoms. The molecule has 0 fully saturated rings. The summed E-state index contributed by atoms with van der Waals surface area (Å²) >= 11 is 3.42. The van der Waals surface area contributed by atoms with Crippen LogP contribution in [-0.2, 0) is 4.79 Å². The van der Waals surface area contributed by atoms with Crippen LogP contribution >= 0.6 is 15.9 Å². The number of carbonyl (C=O) groups is 1. The number of ether oxygens (including phenoxy) is 2. The molecule has 142 valence electrons. The van der Waals surface area contributed by atoms with E-state index in [9.17, 15) is 10.1 Å². The number of hydrogen-bond acceptors (Lipinski definition) is 5. The number of H-pyrrole nitrogens is 1. The number of aromatic nitrogens is 2. The topological polar surface area (TPSA) is 108 Å². The van der Waals surface area contributed by atoms with Crippen LogP contribution in [0.3, 0.4) is 0 Å². The zero-order chi connectivity index (χ0) is 20.3. The number of aliphatic carboxylic acids is 1. The lowest BCUT2D eigenvalue weighted by Crippen LogP contribution is -2.10. The van der Waals surface area contributed by atoms with Crippen molar-refractivity contribution in [3.05, 3.63) is 51.8 Å². The van der Waals surface area contributed by atoms with E-state index in [0.29, 0.717) is 27.2 Å². The number of halogens is 1. The quantitative estimate of drug-likeness (QED) is 0.555. The van der Waals surface area contributed by atoms with Gasteiger partial charge >= 0.3 is 5.97 Å². The number of fused-ring (bicyclic) bond motifs is 1. The second-order valence-electron chi connectivity index (χ2n) is 5.98. The van der Waals surface area contributed by atoms with E-state index in [1.165, 1.54) is 7.11 Å². The van der Waals surface area contributed by atoms with Crippen molar-refractivity contribution in [2.24, 2.45) is 0 Å². The smallest absolute Gasteiger partial charge is 0.341 e. The van der Waals surface area contributed by atoms with Gasteiger partial charge in [-0.3, -0.25) is 0 Å². The normalized spacial score (nSPS) is 11.3. The van der Waals surface area contributed by atoms with E-state index in [1.54, 1.807) is 18.2 Å². The number of rotatable bonds is 6. The van der Waals surface area contributed by atoms with Crippen LogP contribution in [-0.4, -0.2) is 34.8 Å². The summed E-state index contributed by atoms with van der Waals surface area (Å²) < 4.78 is 11.1. The Balaban J connectivity index is 2.01. The minimum absolute atomic E-state index is 0.284. The predicted molar refractivity (Wildman–Crippen MR) is 108 cm³/mol. The van der Waals surface area contributed by atoms with Gasteiger partial charge in [-0.25, -0.2) is 9.78 Å². The Bertz CT molecular complexity index is 1130. The second-order valence-corrected chi connectivity index (χ2v) is 6.84. The molecule has 0 saturated heterocycles. The van der Waals surface area contributed by atoms with Gasteiger partial charge in [0, 0.05) is 4.47 Å². The molecule has 3 aromatic rings. The molecule has 8 heteroatoms. The van der Waals surface area contributed by atoms with Crippen molar-refractivity contribution in [2.45, 2.75) is 6.92 Å². The number of methoxy groups -OCH3 is 1. The minimum Gasteiger partial charge on any atom is -0.493 e. The highest BCUT2D eigenvalue weighted by molar-refractivity contribution is 9.10. The van der Waals surface area contributed by atoms with Gasteiger partial charge in [-0.2, -0.15) is 5.26 Å². The van der Waals surface area contributed by atoms with Crippen LogP contribution in [0.25, 0.3) is 22.7 Å². The predicted octanol–water partition coefficient (Wildman–Crippen LogP) is 4.17. The Morgan fingerprint density at radius 2 is 2.14 bits per heavy atom. The number of nitrogens with one attached hydrogen (secondary N) is 1. The first-order valence-corrected chi connectivity index (χ1v) is 9.01. The number of benzene rings is 2. The second kappa shape index (κ2) is 8.15. The molecule has 0 radical (unpaired) electrons. The third kappa shape index (κ3) is 4.15. The number of carboxylic acid groups (broad SMARTS) is 1. The molecule has 0 aliphatic rings. The molecule has 0 unspecified atom stereocenters. The molecule has 2 aromatic carbocycles. The molecule has 1 heterocycles. The number of aryl methyl sites for hydroxylation is 1. The summed E-state index contributed by atoms with van der Waals surface area (Å²) in [5.74, 6) is 0.00840. The van der Waals surface area contributed by atoms with Gasteiger partial charge in [0.05, 0.1) is 23.7 Å². The van der Waals surface area contributed by atoms with Gasteiger partial charge in [-0.15, -0.1) is 0 Å². The molecule has 0 saturated carbocycles. The molecule has 3 rings (SSSR count). The maximum Gasteiger partial charge on any atom is 0.341 e. The van der Waals surface area contributed by atoms with Crippen molar-refractivity contribution in [3.63, 3.8) is 0 Å². The van der Waals surface area contributed by atoms with E-state index in [-0.39, 0.29) is 5.75 Å². The first-order valence-electron chi connectivity index (χ1n) is 8.22. The van der Waals surface area contributed by atoms with Crippen molar-refractivity contribution in [1.29, 1.82) is 5.26 Å². The molecule has 0 aliphatic carbocycles. The van der Waals surface area contributed by atoms with E-state index in [1.807, 2.05) is 25.1 Å². The van der Waals surface area contributed by atoms with Gasteiger partial charge in [0.2, 0.25) is 0 Å². The highest BCUT2D eigenvalue weighted by Crippen LogP contribution is 2.35. The van der Waals surface area contributed by atoms with Crippen molar-refractivity contribution in [3.8, 4) is 17.6 Å². The molecule has 0 amide bonds. The first-order chi connectivity index (χ1) is 13.4. The van der Waals surface area contributed by atoms with Gasteiger partial charge in [0.25, 0.3) is 0 Å². The van der Waals surface area contributed by atoms with Gasteiger partial charge in [0.15, 0.2) is 18.1 Å². The summed E-state index contributed by atoms with van der Waals surface area (Å²) in [5, 5.41) is 18.4. The number of allylic oxidation sites excluding steroid dienone is 1.